The molecular formula is C13H23N3O3S. The third-order valence-electron chi connectivity index (χ3n) is 3.56. The molecule has 0 aliphatic rings. The van der Waals surface area contributed by atoms with Gasteiger partial charge < -0.3 is 10.4 Å². The second-order valence-electron chi connectivity index (χ2n) is 4.94. The number of anilines is 1. The minimum atomic E-state index is -3.46. The fourth-order valence-electron chi connectivity index (χ4n) is 1.78. The lowest BCUT2D eigenvalue weighted by molar-refractivity contribution is 0.202. The lowest BCUT2D eigenvalue weighted by atomic mass is 9.94. The van der Waals surface area contributed by atoms with Crippen LogP contribution in [0.3, 0.4) is 0 Å². The average Bonchev–Trinajstić information content (AvgIpc) is 2.45. The summed E-state index contributed by atoms with van der Waals surface area (Å²) in [5.74, 6) is 0.556. The minimum Gasteiger partial charge on any atom is -0.394 e. The van der Waals surface area contributed by atoms with E-state index >= 15 is 0 Å². The molecule has 0 aromatic carbocycles. The number of hydrogen-bond acceptors (Lipinski definition) is 5. The Balaban J connectivity index is 2.98. The molecule has 0 fully saturated rings. The first-order valence-corrected chi connectivity index (χ1v) is 8.03. The van der Waals surface area contributed by atoms with Crippen LogP contribution in [-0.2, 0) is 10.0 Å². The molecule has 0 aliphatic carbocycles. The number of aromatic nitrogens is 1. The first-order valence-electron chi connectivity index (χ1n) is 6.59. The first kappa shape index (κ1) is 16.9. The predicted octanol–water partition coefficient (Wildman–Crippen LogP) is 1.29. The molecule has 0 aliphatic heterocycles. The zero-order valence-corrected chi connectivity index (χ0v) is 13.2. The number of aliphatic hydroxyl groups is 1. The first-order chi connectivity index (χ1) is 9.31. The average molecular weight is 301 g/mol. The highest BCUT2D eigenvalue weighted by Gasteiger charge is 2.25. The summed E-state index contributed by atoms with van der Waals surface area (Å²) in [7, 11) is -0.503. The molecule has 1 rings (SSSR count). The van der Waals surface area contributed by atoms with Gasteiger partial charge in [-0.3, -0.25) is 0 Å². The summed E-state index contributed by atoms with van der Waals surface area (Å²) in [4.78, 5) is 4.28. The molecule has 1 heterocycles. The van der Waals surface area contributed by atoms with Gasteiger partial charge >= 0.3 is 0 Å². The molecule has 7 heteroatoms. The summed E-state index contributed by atoms with van der Waals surface area (Å²) in [6, 6.07) is 3.13. The van der Waals surface area contributed by atoms with Crippen LogP contribution in [0.5, 0.6) is 0 Å². The van der Waals surface area contributed by atoms with E-state index in [0.29, 0.717) is 5.82 Å². The summed E-state index contributed by atoms with van der Waals surface area (Å²) in [6.07, 6.45) is 2.82. The number of nitrogens with one attached hydrogen (secondary N) is 1. The normalized spacial score (nSPS) is 12.7. The molecule has 0 bridgehead atoms. The maximum Gasteiger partial charge on any atom is 0.244 e. The molecule has 0 spiro atoms. The Morgan fingerprint density at radius 1 is 1.30 bits per heavy atom. The van der Waals surface area contributed by atoms with Gasteiger partial charge in [0.25, 0.3) is 0 Å². The molecule has 0 atom stereocenters. The van der Waals surface area contributed by atoms with E-state index in [1.165, 1.54) is 26.4 Å². The van der Waals surface area contributed by atoms with Crippen LogP contribution < -0.4 is 5.32 Å². The van der Waals surface area contributed by atoms with Gasteiger partial charge in [-0.25, -0.2) is 17.7 Å². The second-order valence-corrected chi connectivity index (χ2v) is 7.09. The maximum absolute atomic E-state index is 11.9. The molecule has 0 unspecified atom stereocenters. The van der Waals surface area contributed by atoms with Crippen LogP contribution in [0.1, 0.15) is 26.7 Å². The number of hydrogen-bond donors (Lipinski definition) is 2. The highest BCUT2D eigenvalue weighted by atomic mass is 32.2. The Bertz CT molecular complexity index is 514. The van der Waals surface area contributed by atoms with Gasteiger partial charge in [-0.2, -0.15) is 0 Å². The highest BCUT2D eigenvalue weighted by Crippen LogP contribution is 2.21. The van der Waals surface area contributed by atoms with Crippen LogP contribution >= 0.6 is 0 Å². The van der Waals surface area contributed by atoms with Gasteiger partial charge in [-0.15, -0.1) is 0 Å². The maximum atomic E-state index is 11.9. The molecule has 20 heavy (non-hydrogen) atoms. The molecule has 0 radical (unpaired) electrons. The van der Waals surface area contributed by atoms with Gasteiger partial charge in [0.05, 0.1) is 12.1 Å². The fraction of sp³-hybridized carbons (Fsp3) is 0.615. The van der Waals surface area contributed by atoms with E-state index in [1.807, 2.05) is 13.8 Å². The minimum absolute atomic E-state index is 0.000568. The topological polar surface area (TPSA) is 82.5 Å². The third kappa shape index (κ3) is 3.47. The molecule has 0 saturated carbocycles. The molecule has 114 valence electrons. The lowest BCUT2D eigenvalue weighted by Crippen LogP contribution is -2.41. The van der Waals surface area contributed by atoms with Crippen molar-refractivity contribution in [3.05, 3.63) is 18.3 Å². The Morgan fingerprint density at radius 3 is 2.25 bits per heavy atom. The van der Waals surface area contributed by atoms with Gasteiger partial charge in [-0.05, 0) is 25.0 Å². The van der Waals surface area contributed by atoms with E-state index in [1.54, 1.807) is 6.07 Å². The zero-order chi connectivity index (χ0) is 15.4. The van der Waals surface area contributed by atoms with E-state index in [0.717, 1.165) is 17.1 Å². The monoisotopic (exact) mass is 301 g/mol. The van der Waals surface area contributed by atoms with Gasteiger partial charge in [0, 0.05) is 20.3 Å². The Kier molecular flexibility index (Phi) is 5.50. The van der Waals surface area contributed by atoms with Crippen LogP contribution in [0.25, 0.3) is 0 Å². The van der Waals surface area contributed by atoms with Crippen molar-refractivity contribution in [3.63, 3.8) is 0 Å². The summed E-state index contributed by atoms with van der Waals surface area (Å²) in [6.45, 7) is 3.97. The van der Waals surface area contributed by atoms with Gasteiger partial charge in [0.2, 0.25) is 10.0 Å². The van der Waals surface area contributed by atoms with Crippen molar-refractivity contribution >= 4 is 15.8 Å². The summed E-state index contributed by atoms with van der Waals surface area (Å²) in [5, 5.41) is 12.7. The van der Waals surface area contributed by atoms with Crippen molar-refractivity contribution in [1.29, 1.82) is 0 Å². The Labute approximate surface area is 120 Å². The molecular weight excluding hydrogens is 278 g/mol. The SMILES string of the molecule is CCC(CC)(CO)Nc1ccc(S(=O)(=O)N(C)C)cn1. The van der Waals surface area contributed by atoms with Crippen molar-refractivity contribution in [2.24, 2.45) is 0 Å². The van der Waals surface area contributed by atoms with Crippen molar-refractivity contribution < 1.29 is 13.5 Å². The molecule has 2 N–H and O–H groups in total. The van der Waals surface area contributed by atoms with E-state index in [-0.39, 0.29) is 11.5 Å². The van der Waals surface area contributed by atoms with Gasteiger partial charge in [-0.1, -0.05) is 13.8 Å². The Hall–Kier alpha value is -1.18. The number of nitrogens with zero attached hydrogens (tertiary/aromatic N) is 2. The van der Waals surface area contributed by atoms with Gasteiger partial charge in [0.1, 0.15) is 10.7 Å². The fourth-order valence-corrected chi connectivity index (χ4v) is 2.63. The van der Waals surface area contributed by atoms with Crippen LogP contribution in [0.2, 0.25) is 0 Å². The van der Waals surface area contributed by atoms with Crippen molar-refractivity contribution in [2.45, 2.75) is 37.1 Å². The molecule has 6 nitrogen and oxygen atoms in total. The van der Waals surface area contributed by atoms with Gasteiger partial charge in [0.15, 0.2) is 0 Å². The quantitative estimate of drug-likeness (QED) is 0.793. The number of pyridine rings is 1. The summed E-state index contributed by atoms with van der Waals surface area (Å²) >= 11 is 0. The lowest BCUT2D eigenvalue weighted by Gasteiger charge is -2.31. The van der Waals surface area contributed by atoms with E-state index < -0.39 is 15.6 Å². The van der Waals surface area contributed by atoms with Crippen LogP contribution in [0.4, 0.5) is 5.82 Å². The molecule has 0 saturated heterocycles. The smallest absolute Gasteiger partial charge is 0.244 e. The van der Waals surface area contributed by atoms with E-state index in [9.17, 15) is 13.5 Å². The van der Waals surface area contributed by atoms with Crippen LogP contribution in [0, 0.1) is 0 Å². The Morgan fingerprint density at radius 2 is 1.90 bits per heavy atom. The van der Waals surface area contributed by atoms with Crippen molar-refractivity contribution in [1.82, 2.24) is 9.29 Å². The van der Waals surface area contributed by atoms with Crippen LogP contribution in [0.15, 0.2) is 23.2 Å². The largest absolute Gasteiger partial charge is 0.394 e. The standard InChI is InChI=1S/C13H23N3O3S/c1-5-13(6-2,10-17)15-12-8-7-11(9-14-12)20(18,19)16(3)4/h7-9,17H,5-6,10H2,1-4H3,(H,14,15). The van der Waals surface area contributed by atoms with E-state index in [2.05, 4.69) is 10.3 Å². The van der Waals surface area contributed by atoms with E-state index in [4.69, 9.17) is 0 Å². The number of rotatable bonds is 7. The van der Waals surface area contributed by atoms with Crippen LogP contribution in [-0.4, -0.2) is 49.1 Å². The van der Waals surface area contributed by atoms with Crippen molar-refractivity contribution in [3.8, 4) is 0 Å². The second kappa shape index (κ2) is 6.51. The summed E-state index contributed by atoms with van der Waals surface area (Å²) < 4.78 is 25.0. The molecule has 0 amide bonds. The zero-order valence-electron chi connectivity index (χ0n) is 12.4. The number of aliphatic hydroxyl groups excluding tert-OH is 1. The molecule has 1 aromatic heterocycles. The number of sulfonamides is 1. The third-order valence-corrected chi connectivity index (χ3v) is 5.36. The molecule has 1 aromatic rings. The predicted molar refractivity (Wildman–Crippen MR) is 79.1 cm³/mol. The summed E-state index contributed by atoms with van der Waals surface area (Å²) in [5.41, 5.74) is -0.422. The highest BCUT2D eigenvalue weighted by molar-refractivity contribution is 7.89. The van der Waals surface area contributed by atoms with Crippen molar-refractivity contribution in [2.75, 3.05) is 26.0 Å².